The molecule has 0 saturated heterocycles. The Kier molecular flexibility index (Phi) is 4.19. The van der Waals surface area contributed by atoms with Crippen molar-refractivity contribution >= 4 is 16.6 Å². The number of methoxy groups -OCH3 is 1. The summed E-state index contributed by atoms with van der Waals surface area (Å²) < 4.78 is 5.12. The Hall–Kier alpha value is -2.61. The van der Waals surface area contributed by atoms with Crippen molar-refractivity contribution in [3.8, 4) is 5.75 Å². The molecule has 0 unspecified atom stereocenters. The van der Waals surface area contributed by atoms with E-state index in [0.29, 0.717) is 6.42 Å². The van der Waals surface area contributed by atoms with Crippen molar-refractivity contribution in [1.29, 1.82) is 0 Å². The highest BCUT2D eigenvalue weighted by atomic mass is 16.5. The fraction of sp³-hybridized carbons (Fsp3) is 0.150. The number of rotatable bonds is 5. The first kappa shape index (κ1) is 14.3. The van der Waals surface area contributed by atoms with E-state index in [0.717, 1.165) is 17.7 Å². The third-order valence-electron chi connectivity index (χ3n) is 3.91. The second-order valence-electron chi connectivity index (χ2n) is 5.29. The van der Waals surface area contributed by atoms with Crippen LogP contribution in [0.5, 0.6) is 5.75 Å². The largest absolute Gasteiger partial charge is 0.497 e. The topological polar surface area (TPSA) is 26.3 Å². The molecule has 2 nitrogen and oxygen atoms in total. The average Bonchev–Trinajstić information content (AvgIpc) is 2.59. The van der Waals surface area contributed by atoms with E-state index in [1.807, 2.05) is 36.4 Å². The van der Waals surface area contributed by atoms with Crippen LogP contribution in [-0.4, -0.2) is 12.9 Å². The van der Waals surface area contributed by atoms with Crippen LogP contribution in [0.15, 0.2) is 66.7 Å². The van der Waals surface area contributed by atoms with Crippen molar-refractivity contribution in [1.82, 2.24) is 0 Å². The summed E-state index contributed by atoms with van der Waals surface area (Å²) >= 11 is 0. The van der Waals surface area contributed by atoms with Gasteiger partial charge in [-0.1, -0.05) is 42.5 Å². The minimum Gasteiger partial charge on any atom is -0.497 e. The van der Waals surface area contributed by atoms with Gasteiger partial charge in [0.15, 0.2) is 5.78 Å². The van der Waals surface area contributed by atoms with E-state index in [2.05, 4.69) is 30.3 Å². The van der Waals surface area contributed by atoms with Gasteiger partial charge in [0.05, 0.1) is 7.11 Å². The van der Waals surface area contributed by atoms with Gasteiger partial charge in [0.2, 0.25) is 0 Å². The third kappa shape index (κ3) is 3.01. The molecule has 3 aromatic carbocycles. The van der Waals surface area contributed by atoms with Gasteiger partial charge in [-0.3, -0.25) is 4.79 Å². The number of fused-ring (bicyclic) bond motifs is 1. The maximum Gasteiger partial charge on any atom is 0.163 e. The number of carbonyl (C=O) groups excluding carboxylic acids is 1. The van der Waals surface area contributed by atoms with E-state index in [-0.39, 0.29) is 5.78 Å². The molecule has 0 saturated carbocycles. The molecule has 3 aromatic rings. The smallest absolute Gasteiger partial charge is 0.163 e. The van der Waals surface area contributed by atoms with Gasteiger partial charge in [0.1, 0.15) is 5.75 Å². The zero-order chi connectivity index (χ0) is 15.4. The molecule has 3 rings (SSSR count). The lowest BCUT2D eigenvalue weighted by molar-refractivity contribution is 0.0983. The summed E-state index contributed by atoms with van der Waals surface area (Å²) in [6, 6.07) is 21.8. The highest BCUT2D eigenvalue weighted by Crippen LogP contribution is 2.21. The second-order valence-corrected chi connectivity index (χ2v) is 5.29. The van der Waals surface area contributed by atoms with Crippen molar-refractivity contribution in [2.45, 2.75) is 12.8 Å². The molecule has 0 N–H and O–H groups in total. The number of benzene rings is 3. The van der Waals surface area contributed by atoms with Crippen LogP contribution in [0.2, 0.25) is 0 Å². The molecule has 0 radical (unpaired) electrons. The van der Waals surface area contributed by atoms with Crippen molar-refractivity contribution < 1.29 is 9.53 Å². The summed E-state index contributed by atoms with van der Waals surface area (Å²) in [5, 5.41) is 2.45. The summed E-state index contributed by atoms with van der Waals surface area (Å²) in [5.74, 6) is 0.932. The quantitative estimate of drug-likeness (QED) is 0.639. The zero-order valence-corrected chi connectivity index (χ0v) is 12.6. The first-order valence-corrected chi connectivity index (χ1v) is 7.42. The number of Topliss-reactive ketones (excluding diaryl/α,β-unsaturated/α-hetero) is 1. The van der Waals surface area contributed by atoms with Crippen LogP contribution in [0.3, 0.4) is 0 Å². The molecule has 0 aliphatic rings. The number of ether oxygens (including phenoxy) is 1. The summed E-state index contributed by atoms with van der Waals surface area (Å²) in [4.78, 5) is 12.3. The number of carbonyl (C=O) groups is 1. The molecule has 0 amide bonds. The molecule has 0 bridgehead atoms. The van der Waals surface area contributed by atoms with E-state index in [4.69, 9.17) is 4.74 Å². The van der Waals surface area contributed by atoms with Crippen LogP contribution < -0.4 is 4.74 Å². The van der Waals surface area contributed by atoms with Crippen molar-refractivity contribution in [2.24, 2.45) is 0 Å². The van der Waals surface area contributed by atoms with Crippen molar-refractivity contribution in [3.63, 3.8) is 0 Å². The van der Waals surface area contributed by atoms with Crippen LogP contribution in [0, 0.1) is 0 Å². The molecule has 2 heteroatoms. The van der Waals surface area contributed by atoms with E-state index in [1.54, 1.807) is 7.11 Å². The lowest BCUT2D eigenvalue weighted by Gasteiger charge is -2.07. The molecule has 0 heterocycles. The Labute approximate surface area is 130 Å². The van der Waals surface area contributed by atoms with E-state index >= 15 is 0 Å². The lowest BCUT2D eigenvalue weighted by atomic mass is 9.98. The Bertz CT molecular complexity index is 783. The summed E-state index contributed by atoms with van der Waals surface area (Å²) in [6.45, 7) is 0. The third-order valence-corrected chi connectivity index (χ3v) is 3.91. The van der Waals surface area contributed by atoms with Gasteiger partial charge in [0.25, 0.3) is 0 Å². The monoisotopic (exact) mass is 290 g/mol. The number of hydrogen-bond donors (Lipinski definition) is 0. The van der Waals surface area contributed by atoms with Crippen LogP contribution in [0.1, 0.15) is 22.3 Å². The molecular formula is C20H18O2. The van der Waals surface area contributed by atoms with Gasteiger partial charge < -0.3 is 4.74 Å². The normalized spacial score (nSPS) is 10.6. The van der Waals surface area contributed by atoms with E-state index in [1.165, 1.54) is 16.3 Å². The van der Waals surface area contributed by atoms with Crippen LogP contribution in [0.25, 0.3) is 10.8 Å². The van der Waals surface area contributed by atoms with E-state index < -0.39 is 0 Å². The molecule has 0 aliphatic heterocycles. The fourth-order valence-electron chi connectivity index (χ4n) is 2.68. The van der Waals surface area contributed by atoms with Crippen molar-refractivity contribution in [3.05, 3.63) is 77.9 Å². The van der Waals surface area contributed by atoms with Crippen LogP contribution in [-0.2, 0) is 6.42 Å². The number of aryl methyl sites for hydroxylation is 1. The number of hydrogen-bond acceptors (Lipinski definition) is 2. The highest BCUT2D eigenvalue weighted by Gasteiger charge is 2.08. The second kappa shape index (κ2) is 6.44. The summed E-state index contributed by atoms with van der Waals surface area (Å²) in [5.41, 5.74) is 1.96. The predicted molar refractivity (Wildman–Crippen MR) is 89.6 cm³/mol. The maximum absolute atomic E-state index is 12.3. The lowest BCUT2D eigenvalue weighted by Crippen LogP contribution is -2.01. The Morgan fingerprint density at radius 3 is 2.41 bits per heavy atom. The van der Waals surface area contributed by atoms with Crippen LogP contribution in [0.4, 0.5) is 0 Å². The molecule has 110 valence electrons. The Morgan fingerprint density at radius 2 is 1.64 bits per heavy atom. The number of ketones is 1. The fourth-order valence-corrected chi connectivity index (χ4v) is 2.68. The van der Waals surface area contributed by atoms with Gasteiger partial charge in [0, 0.05) is 12.0 Å². The van der Waals surface area contributed by atoms with Gasteiger partial charge in [-0.05, 0) is 47.0 Å². The zero-order valence-electron chi connectivity index (χ0n) is 12.6. The van der Waals surface area contributed by atoms with Crippen LogP contribution >= 0.6 is 0 Å². The molecule has 0 atom stereocenters. The van der Waals surface area contributed by atoms with Gasteiger partial charge in [-0.2, -0.15) is 0 Å². The van der Waals surface area contributed by atoms with E-state index in [9.17, 15) is 4.79 Å². The predicted octanol–water partition coefficient (Wildman–Crippen LogP) is 4.66. The molecule has 22 heavy (non-hydrogen) atoms. The minimum absolute atomic E-state index is 0.163. The van der Waals surface area contributed by atoms with Gasteiger partial charge in [-0.25, -0.2) is 0 Å². The highest BCUT2D eigenvalue weighted by molar-refractivity contribution is 5.96. The Balaban J connectivity index is 1.74. The average molecular weight is 290 g/mol. The molecular weight excluding hydrogens is 272 g/mol. The first-order valence-electron chi connectivity index (χ1n) is 7.42. The molecule has 0 fully saturated rings. The molecule has 0 spiro atoms. The minimum atomic E-state index is 0.163. The summed E-state index contributed by atoms with van der Waals surface area (Å²) in [6.07, 6.45) is 1.27. The molecule has 0 aromatic heterocycles. The Morgan fingerprint density at radius 1 is 0.909 bits per heavy atom. The maximum atomic E-state index is 12.3. The van der Waals surface area contributed by atoms with Crippen molar-refractivity contribution in [2.75, 3.05) is 7.11 Å². The molecule has 0 aliphatic carbocycles. The van der Waals surface area contributed by atoms with Gasteiger partial charge >= 0.3 is 0 Å². The standard InChI is InChI=1S/C20H18O2/c1-22-18-12-9-17(10-13-18)20(21)14-11-16-7-4-6-15-5-2-3-8-19(15)16/h2-10,12-13H,11,14H2,1H3. The summed E-state index contributed by atoms with van der Waals surface area (Å²) in [7, 11) is 1.62. The first-order chi connectivity index (χ1) is 10.8. The SMILES string of the molecule is COc1ccc(C(=O)CCc2cccc3ccccc23)cc1. The van der Waals surface area contributed by atoms with Gasteiger partial charge in [-0.15, -0.1) is 0 Å².